The molecule has 1 aromatic carbocycles. The van der Waals surface area contributed by atoms with Crippen molar-refractivity contribution in [3.8, 4) is 5.75 Å². The van der Waals surface area contributed by atoms with E-state index in [0.29, 0.717) is 0 Å². The van der Waals surface area contributed by atoms with Gasteiger partial charge >= 0.3 is 0 Å². The highest BCUT2D eigenvalue weighted by atomic mass is 16.5. The van der Waals surface area contributed by atoms with Crippen molar-refractivity contribution in [2.24, 2.45) is 5.73 Å². The molecule has 1 aromatic rings. The number of anilines is 1. The maximum absolute atomic E-state index is 6.02. The first-order valence-corrected chi connectivity index (χ1v) is 5.75. The van der Waals surface area contributed by atoms with Crippen LogP contribution in [0.2, 0.25) is 0 Å². The molecule has 90 valence electrons. The molecule has 0 heterocycles. The lowest BCUT2D eigenvalue weighted by Gasteiger charge is -2.25. The van der Waals surface area contributed by atoms with Crippen molar-refractivity contribution in [1.29, 1.82) is 0 Å². The predicted molar refractivity (Wildman–Crippen MR) is 69.2 cm³/mol. The number of ether oxygens (including phenoxy) is 1. The molecular formula is C13H22N2O. The fourth-order valence-corrected chi connectivity index (χ4v) is 1.96. The molecule has 0 aliphatic carbocycles. The predicted octanol–water partition coefficient (Wildman–Crippen LogP) is 2.56. The molecule has 0 aromatic heterocycles. The molecule has 0 fully saturated rings. The van der Waals surface area contributed by atoms with Crippen LogP contribution in [0.1, 0.15) is 31.9 Å². The lowest BCUT2D eigenvalue weighted by molar-refractivity contribution is 0.407. The van der Waals surface area contributed by atoms with Gasteiger partial charge in [-0.25, -0.2) is 0 Å². The molecular weight excluding hydrogens is 200 g/mol. The highest BCUT2D eigenvalue weighted by Gasteiger charge is 2.15. The maximum Gasteiger partial charge on any atom is 0.125 e. The summed E-state index contributed by atoms with van der Waals surface area (Å²) in [6, 6.07) is 6.04. The summed E-state index contributed by atoms with van der Waals surface area (Å²) in [5.41, 5.74) is 8.27. The van der Waals surface area contributed by atoms with Crippen molar-refractivity contribution in [1.82, 2.24) is 0 Å². The first-order chi connectivity index (χ1) is 7.61. The van der Waals surface area contributed by atoms with Gasteiger partial charge in [-0.3, -0.25) is 0 Å². The lowest BCUT2D eigenvalue weighted by Crippen LogP contribution is -2.21. The van der Waals surface area contributed by atoms with E-state index >= 15 is 0 Å². The minimum atomic E-state index is -0.0227. The molecule has 0 aliphatic rings. The van der Waals surface area contributed by atoms with Crippen molar-refractivity contribution < 1.29 is 4.74 Å². The van der Waals surface area contributed by atoms with Crippen molar-refractivity contribution in [2.75, 3.05) is 25.6 Å². The summed E-state index contributed by atoms with van der Waals surface area (Å²) in [5, 5.41) is 0. The van der Waals surface area contributed by atoms with Gasteiger partial charge in [-0.2, -0.15) is 0 Å². The largest absolute Gasteiger partial charge is 0.496 e. The highest BCUT2D eigenvalue weighted by molar-refractivity contribution is 5.60. The molecule has 0 radical (unpaired) electrons. The Kier molecular flexibility index (Phi) is 4.62. The monoisotopic (exact) mass is 222 g/mol. The minimum Gasteiger partial charge on any atom is -0.496 e. The van der Waals surface area contributed by atoms with Gasteiger partial charge in [0.05, 0.1) is 7.11 Å². The standard InChI is InChI=1S/C13H22N2O/c1-5-9-15(3)11-7-6-8-12(16-4)13(11)10(2)14/h6-8,10H,5,9,14H2,1-4H3. The summed E-state index contributed by atoms with van der Waals surface area (Å²) in [7, 11) is 3.77. The molecule has 0 saturated heterocycles. The Morgan fingerprint density at radius 2 is 2.12 bits per heavy atom. The summed E-state index contributed by atoms with van der Waals surface area (Å²) in [4.78, 5) is 2.22. The molecule has 3 heteroatoms. The Labute approximate surface area is 98.2 Å². The van der Waals surface area contributed by atoms with Crippen LogP contribution in [0.4, 0.5) is 5.69 Å². The van der Waals surface area contributed by atoms with E-state index < -0.39 is 0 Å². The van der Waals surface area contributed by atoms with E-state index in [4.69, 9.17) is 10.5 Å². The van der Waals surface area contributed by atoms with Crippen LogP contribution in [-0.4, -0.2) is 20.7 Å². The van der Waals surface area contributed by atoms with Gasteiger partial charge in [-0.1, -0.05) is 13.0 Å². The first kappa shape index (κ1) is 12.8. The summed E-state index contributed by atoms with van der Waals surface area (Å²) >= 11 is 0. The normalized spacial score (nSPS) is 12.3. The van der Waals surface area contributed by atoms with Crippen molar-refractivity contribution in [3.63, 3.8) is 0 Å². The molecule has 0 aliphatic heterocycles. The van der Waals surface area contributed by atoms with Crippen LogP contribution in [0.25, 0.3) is 0 Å². The first-order valence-electron chi connectivity index (χ1n) is 5.75. The van der Waals surface area contributed by atoms with Crippen molar-refractivity contribution in [3.05, 3.63) is 23.8 Å². The smallest absolute Gasteiger partial charge is 0.125 e. The van der Waals surface area contributed by atoms with Crippen LogP contribution in [0.15, 0.2) is 18.2 Å². The second-order valence-electron chi connectivity index (χ2n) is 4.10. The Morgan fingerprint density at radius 3 is 2.62 bits per heavy atom. The minimum absolute atomic E-state index is 0.0227. The lowest BCUT2D eigenvalue weighted by atomic mass is 10.0. The molecule has 1 rings (SSSR count). The third-order valence-electron chi connectivity index (χ3n) is 2.69. The second-order valence-corrected chi connectivity index (χ2v) is 4.10. The molecule has 0 bridgehead atoms. The van der Waals surface area contributed by atoms with E-state index in [9.17, 15) is 0 Å². The Balaban J connectivity index is 3.16. The number of hydrogen-bond acceptors (Lipinski definition) is 3. The zero-order valence-electron chi connectivity index (χ0n) is 10.7. The second kappa shape index (κ2) is 5.75. The fraction of sp³-hybridized carbons (Fsp3) is 0.538. The van der Waals surface area contributed by atoms with E-state index in [-0.39, 0.29) is 6.04 Å². The van der Waals surface area contributed by atoms with Gasteiger partial charge in [0, 0.05) is 30.9 Å². The van der Waals surface area contributed by atoms with Crippen LogP contribution in [0.3, 0.4) is 0 Å². The number of hydrogen-bond donors (Lipinski definition) is 1. The van der Waals surface area contributed by atoms with Crippen LogP contribution in [0.5, 0.6) is 5.75 Å². The molecule has 1 unspecified atom stereocenters. The summed E-state index contributed by atoms with van der Waals surface area (Å²) in [5.74, 6) is 0.871. The van der Waals surface area contributed by atoms with Crippen LogP contribution >= 0.6 is 0 Å². The third kappa shape index (κ3) is 2.67. The quantitative estimate of drug-likeness (QED) is 0.832. The highest BCUT2D eigenvalue weighted by Crippen LogP contribution is 2.33. The maximum atomic E-state index is 6.02. The number of nitrogens with two attached hydrogens (primary N) is 1. The van der Waals surface area contributed by atoms with Crippen LogP contribution in [0, 0.1) is 0 Å². The van der Waals surface area contributed by atoms with E-state index in [1.807, 2.05) is 19.1 Å². The molecule has 2 N–H and O–H groups in total. The molecule has 16 heavy (non-hydrogen) atoms. The van der Waals surface area contributed by atoms with E-state index in [0.717, 1.165) is 30.0 Å². The number of rotatable bonds is 5. The van der Waals surface area contributed by atoms with E-state index in [1.165, 1.54) is 0 Å². The number of benzene rings is 1. The van der Waals surface area contributed by atoms with Gasteiger partial charge in [0.2, 0.25) is 0 Å². The van der Waals surface area contributed by atoms with Crippen molar-refractivity contribution >= 4 is 5.69 Å². The summed E-state index contributed by atoms with van der Waals surface area (Å²) < 4.78 is 5.37. The zero-order valence-corrected chi connectivity index (χ0v) is 10.7. The third-order valence-corrected chi connectivity index (χ3v) is 2.69. The Bertz CT molecular complexity index is 337. The SMILES string of the molecule is CCCN(C)c1cccc(OC)c1C(C)N. The molecule has 0 amide bonds. The zero-order chi connectivity index (χ0) is 12.1. The molecule has 1 atom stereocenters. The van der Waals surface area contributed by atoms with Gasteiger partial charge in [-0.15, -0.1) is 0 Å². The number of methoxy groups -OCH3 is 1. The van der Waals surface area contributed by atoms with E-state index in [2.05, 4.69) is 24.9 Å². The average molecular weight is 222 g/mol. The van der Waals surface area contributed by atoms with Gasteiger partial charge in [0.25, 0.3) is 0 Å². The molecule has 0 saturated carbocycles. The topological polar surface area (TPSA) is 38.5 Å². The molecule has 3 nitrogen and oxygen atoms in total. The van der Waals surface area contributed by atoms with E-state index in [1.54, 1.807) is 7.11 Å². The average Bonchev–Trinajstić information content (AvgIpc) is 2.28. The summed E-state index contributed by atoms with van der Waals surface area (Å²) in [6.07, 6.45) is 1.12. The van der Waals surface area contributed by atoms with Gasteiger partial charge in [0.1, 0.15) is 5.75 Å². The van der Waals surface area contributed by atoms with Gasteiger partial charge < -0.3 is 15.4 Å². The van der Waals surface area contributed by atoms with Crippen molar-refractivity contribution in [2.45, 2.75) is 26.3 Å². The molecule has 0 spiro atoms. The van der Waals surface area contributed by atoms with Crippen LogP contribution in [-0.2, 0) is 0 Å². The summed E-state index contributed by atoms with van der Waals surface area (Å²) in [6.45, 7) is 5.18. The fourth-order valence-electron chi connectivity index (χ4n) is 1.96. The van der Waals surface area contributed by atoms with Gasteiger partial charge in [0.15, 0.2) is 0 Å². The Hall–Kier alpha value is -1.22. The van der Waals surface area contributed by atoms with Crippen LogP contribution < -0.4 is 15.4 Å². The Morgan fingerprint density at radius 1 is 1.44 bits per heavy atom. The van der Waals surface area contributed by atoms with Gasteiger partial charge in [-0.05, 0) is 25.5 Å². The number of nitrogens with zero attached hydrogens (tertiary/aromatic N) is 1.